The van der Waals surface area contributed by atoms with Crippen molar-refractivity contribution >= 4 is 22.9 Å². The normalized spacial score (nSPS) is 20.1. The van der Waals surface area contributed by atoms with E-state index in [4.69, 9.17) is 4.98 Å². The summed E-state index contributed by atoms with van der Waals surface area (Å²) < 4.78 is 28.1. The van der Waals surface area contributed by atoms with Gasteiger partial charge >= 0.3 is 0 Å². The van der Waals surface area contributed by atoms with E-state index in [1.54, 1.807) is 6.07 Å². The number of aromatic hydroxyl groups is 1. The highest BCUT2D eigenvalue weighted by Crippen LogP contribution is 2.44. The average molecular weight is 494 g/mol. The van der Waals surface area contributed by atoms with Gasteiger partial charge in [0, 0.05) is 23.4 Å². The van der Waals surface area contributed by atoms with E-state index < -0.39 is 17.4 Å². The lowest BCUT2D eigenvalue weighted by atomic mass is 9.89. The summed E-state index contributed by atoms with van der Waals surface area (Å²) in [5.74, 6) is -2.71. The van der Waals surface area contributed by atoms with Crippen molar-refractivity contribution in [2.75, 3.05) is 18.4 Å². The summed E-state index contributed by atoms with van der Waals surface area (Å²) in [7, 11) is 0. The van der Waals surface area contributed by atoms with Gasteiger partial charge in [0.15, 0.2) is 23.7 Å². The number of fused-ring (bicyclic) bond motifs is 1. The minimum Gasteiger partial charge on any atom is -0.503 e. The molecule has 5 rings (SSSR count). The quantitative estimate of drug-likeness (QED) is 0.344. The third kappa shape index (κ3) is 4.69. The largest absolute Gasteiger partial charge is 0.503 e. The van der Waals surface area contributed by atoms with Crippen LogP contribution in [0.5, 0.6) is 5.75 Å². The minimum atomic E-state index is -1.01. The van der Waals surface area contributed by atoms with Crippen LogP contribution in [0.15, 0.2) is 30.3 Å². The minimum absolute atomic E-state index is 0.236. The van der Waals surface area contributed by atoms with Crippen LogP contribution in [0.2, 0.25) is 0 Å². The fraction of sp³-hybridized carbons (Fsp3) is 0.448. The molecule has 3 aromatic rings. The van der Waals surface area contributed by atoms with Gasteiger partial charge < -0.3 is 15.3 Å². The second-order valence-corrected chi connectivity index (χ2v) is 10.1. The first-order valence-corrected chi connectivity index (χ1v) is 13.0. The van der Waals surface area contributed by atoms with Crippen LogP contribution in [0.1, 0.15) is 74.3 Å². The number of rotatable bonds is 8. The van der Waals surface area contributed by atoms with E-state index in [0.717, 1.165) is 92.3 Å². The maximum atomic E-state index is 14.1. The van der Waals surface area contributed by atoms with Crippen LogP contribution < -0.4 is 5.32 Å². The van der Waals surface area contributed by atoms with Crippen molar-refractivity contribution in [3.05, 3.63) is 53.2 Å². The van der Waals surface area contributed by atoms with Gasteiger partial charge in [0.2, 0.25) is 0 Å². The molecular weight excluding hydrogens is 460 g/mol. The molecule has 0 amide bonds. The van der Waals surface area contributed by atoms with E-state index in [1.165, 1.54) is 0 Å². The zero-order valence-corrected chi connectivity index (χ0v) is 20.9. The molecule has 0 bridgehead atoms. The van der Waals surface area contributed by atoms with E-state index >= 15 is 0 Å². The summed E-state index contributed by atoms with van der Waals surface area (Å²) in [6.45, 7) is 6.51. The monoisotopic (exact) mass is 493 g/mol. The fourth-order valence-corrected chi connectivity index (χ4v) is 5.68. The third-order valence-electron chi connectivity index (χ3n) is 7.86. The van der Waals surface area contributed by atoms with Crippen molar-refractivity contribution < 1.29 is 18.7 Å². The van der Waals surface area contributed by atoms with Gasteiger partial charge in [-0.3, -0.25) is 9.78 Å². The number of phenols is 1. The van der Waals surface area contributed by atoms with E-state index in [9.17, 15) is 18.7 Å². The Bertz CT molecular complexity index is 1260. The molecule has 0 unspecified atom stereocenters. The number of aromatic nitrogens is 1. The van der Waals surface area contributed by atoms with Crippen molar-refractivity contribution in [1.29, 1.82) is 0 Å². The van der Waals surface area contributed by atoms with Crippen LogP contribution in [0.3, 0.4) is 0 Å². The predicted molar refractivity (Wildman–Crippen MR) is 139 cm³/mol. The predicted octanol–water partition coefficient (Wildman–Crippen LogP) is 6.64. The van der Waals surface area contributed by atoms with Crippen molar-refractivity contribution in [1.82, 2.24) is 9.88 Å². The Hall–Kier alpha value is -3.06. The molecule has 2 saturated carbocycles. The summed E-state index contributed by atoms with van der Waals surface area (Å²) in [6.07, 6.45) is 7.18. The summed E-state index contributed by atoms with van der Waals surface area (Å²) >= 11 is 0. The maximum Gasteiger partial charge on any atom is 0.187 e. The highest BCUT2D eigenvalue weighted by molar-refractivity contribution is 6.03. The molecule has 0 radical (unpaired) electrons. The molecule has 1 aromatic heterocycles. The maximum absolute atomic E-state index is 14.1. The van der Waals surface area contributed by atoms with Crippen molar-refractivity contribution in [2.24, 2.45) is 0 Å². The van der Waals surface area contributed by atoms with Crippen LogP contribution in [0, 0.1) is 11.6 Å². The average Bonchev–Trinajstić information content (AvgIpc) is 3.73. The number of phenolic OH excluding ortho intramolecular Hbond substituents is 1. The van der Waals surface area contributed by atoms with Gasteiger partial charge in [-0.25, -0.2) is 8.78 Å². The summed E-state index contributed by atoms with van der Waals surface area (Å²) in [5.41, 5.74) is 3.86. The molecule has 1 heterocycles. The molecule has 5 nitrogen and oxygen atoms in total. The number of carbonyl (C=O) groups excluding carboxylic acids is 1. The molecule has 36 heavy (non-hydrogen) atoms. The van der Waals surface area contributed by atoms with Crippen molar-refractivity contribution in [3.8, 4) is 16.9 Å². The topological polar surface area (TPSA) is 65.5 Å². The van der Waals surface area contributed by atoms with E-state index in [2.05, 4.69) is 24.1 Å². The zero-order chi connectivity index (χ0) is 25.4. The fourth-order valence-electron chi connectivity index (χ4n) is 5.68. The van der Waals surface area contributed by atoms with Crippen LogP contribution in [0.4, 0.5) is 14.5 Å². The van der Waals surface area contributed by atoms with Crippen LogP contribution >= 0.6 is 0 Å². The number of benzene rings is 2. The highest BCUT2D eigenvalue weighted by Gasteiger charge is 2.31. The van der Waals surface area contributed by atoms with Crippen LogP contribution in [-0.4, -0.2) is 46.4 Å². The first-order valence-electron chi connectivity index (χ1n) is 13.0. The number of halogens is 2. The molecule has 190 valence electrons. The summed E-state index contributed by atoms with van der Waals surface area (Å²) in [5, 5.41) is 14.0. The van der Waals surface area contributed by atoms with Gasteiger partial charge in [0.05, 0.1) is 22.5 Å². The summed E-state index contributed by atoms with van der Waals surface area (Å²) in [4.78, 5) is 19.7. The van der Waals surface area contributed by atoms with Gasteiger partial charge in [-0.05, 0) is 87.0 Å². The van der Waals surface area contributed by atoms with E-state index in [-0.39, 0.29) is 6.04 Å². The Kier molecular flexibility index (Phi) is 6.93. The van der Waals surface area contributed by atoms with Crippen LogP contribution in [-0.2, 0) is 0 Å². The molecule has 7 heteroatoms. The molecular formula is C29H33F2N3O2. The molecule has 2 aliphatic rings. The van der Waals surface area contributed by atoms with Gasteiger partial charge in [-0.15, -0.1) is 0 Å². The Labute approximate surface area is 210 Å². The number of nitrogens with one attached hydrogen (secondary N) is 1. The highest BCUT2D eigenvalue weighted by atomic mass is 19.1. The standard InChI is InChI=1S/C29H33F2N3O2/c1-3-34(4-2)21-10-8-20(9-11-21)32-28-22-13-18(19-14-24(30)29(36)25(31)15-19)7-12-26(22)33-27(17-5-6-17)23(28)16-35/h7,12-17,20-21,36H,3-6,8-11H2,1-2H3,(H,32,33). The van der Waals surface area contributed by atoms with Crippen molar-refractivity contribution in [3.63, 3.8) is 0 Å². The molecule has 0 spiro atoms. The number of anilines is 1. The number of nitrogens with zero attached hydrogens (tertiary/aromatic N) is 2. The lowest BCUT2D eigenvalue weighted by molar-refractivity contribution is 0.112. The first-order chi connectivity index (χ1) is 17.4. The third-order valence-corrected chi connectivity index (χ3v) is 7.86. The lowest BCUT2D eigenvalue weighted by Gasteiger charge is -2.36. The van der Waals surface area contributed by atoms with Gasteiger partial charge in [-0.1, -0.05) is 19.9 Å². The molecule has 0 atom stereocenters. The molecule has 2 N–H and O–H groups in total. The Balaban J connectivity index is 1.54. The van der Waals surface area contributed by atoms with Crippen molar-refractivity contribution in [2.45, 2.75) is 70.4 Å². The lowest BCUT2D eigenvalue weighted by Crippen LogP contribution is -2.40. The molecule has 0 aliphatic heterocycles. The number of aldehydes is 1. The van der Waals surface area contributed by atoms with Gasteiger partial charge in [0.25, 0.3) is 0 Å². The zero-order valence-electron chi connectivity index (χ0n) is 20.9. The smallest absolute Gasteiger partial charge is 0.187 e. The number of hydrogen-bond donors (Lipinski definition) is 2. The SMILES string of the molecule is CCN(CC)C1CCC(Nc2c(C=O)c(C3CC3)nc3ccc(-c4cc(F)c(O)c(F)c4)cc23)CC1. The van der Waals surface area contributed by atoms with E-state index in [0.29, 0.717) is 28.7 Å². The van der Waals surface area contributed by atoms with Gasteiger partial charge in [-0.2, -0.15) is 0 Å². The van der Waals surface area contributed by atoms with Crippen LogP contribution in [0.25, 0.3) is 22.0 Å². The van der Waals surface area contributed by atoms with E-state index in [1.807, 2.05) is 12.1 Å². The second-order valence-electron chi connectivity index (χ2n) is 10.1. The molecule has 0 saturated heterocycles. The number of hydrogen-bond acceptors (Lipinski definition) is 5. The molecule has 2 fully saturated rings. The Morgan fingerprint density at radius 1 is 1.00 bits per heavy atom. The first kappa shape index (κ1) is 24.6. The Morgan fingerprint density at radius 2 is 1.67 bits per heavy atom. The summed E-state index contributed by atoms with van der Waals surface area (Å²) in [6, 6.07) is 8.52. The molecule has 2 aliphatic carbocycles. The Morgan fingerprint density at radius 3 is 2.25 bits per heavy atom. The number of carbonyl (C=O) groups is 1. The van der Waals surface area contributed by atoms with Gasteiger partial charge in [0.1, 0.15) is 0 Å². The molecule has 2 aromatic carbocycles. The second kappa shape index (κ2) is 10.1. The number of pyridine rings is 1.